The van der Waals surface area contributed by atoms with Crippen molar-refractivity contribution in [3.63, 3.8) is 0 Å². The normalized spacial score (nSPS) is 36.3. The molecule has 0 radical (unpaired) electrons. The monoisotopic (exact) mass is 257 g/mol. The van der Waals surface area contributed by atoms with E-state index in [1.165, 1.54) is 51.5 Å². The number of hydrogen-bond donors (Lipinski definition) is 1. The van der Waals surface area contributed by atoms with Gasteiger partial charge in [0, 0.05) is 5.54 Å². The average Bonchev–Trinajstić information content (AvgIpc) is 2.77. The van der Waals surface area contributed by atoms with Gasteiger partial charge in [-0.1, -0.05) is 18.9 Å². The summed E-state index contributed by atoms with van der Waals surface area (Å²) >= 11 is 0. The fourth-order valence-electron chi connectivity index (χ4n) is 5.12. The number of ether oxygens (including phenoxy) is 1. The minimum Gasteiger partial charge on any atom is -0.497 e. The molecule has 2 unspecified atom stereocenters. The van der Waals surface area contributed by atoms with Crippen LogP contribution in [0.1, 0.15) is 49.7 Å². The molecule has 1 aromatic rings. The number of hydrogen-bond acceptors (Lipinski definition) is 2. The quantitative estimate of drug-likeness (QED) is 0.832. The summed E-state index contributed by atoms with van der Waals surface area (Å²) in [5, 5.41) is 3.94. The highest BCUT2D eigenvalue weighted by Crippen LogP contribution is 2.61. The van der Waals surface area contributed by atoms with Gasteiger partial charge in [-0.2, -0.15) is 0 Å². The van der Waals surface area contributed by atoms with E-state index in [0.717, 1.165) is 5.75 Å². The Labute approximate surface area is 115 Å². The second kappa shape index (κ2) is 3.99. The van der Waals surface area contributed by atoms with Crippen molar-refractivity contribution in [2.75, 3.05) is 13.7 Å². The fourth-order valence-corrected chi connectivity index (χ4v) is 5.12. The molecule has 2 heteroatoms. The smallest absolute Gasteiger partial charge is 0.119 e. The SMILES string of the molecule is COc1ccc2c(c1)C13CCCCC1(CCCN3)C2. The zero-order valence-corrected chi connectivity index (χ0v) is 11.8. The summed E-state index contributed by atoms with van der Waals surface area (Å²) in [6, 6.07) is 6.75. The van der Waals surface area contributed by atoms with Crippen LogP contribution in [0.15, 0.2) is 18.2 Å². The van der Waals surface area contributed by atoms with Crippen molar-refractivity contribution in [3.05, 3.63) is 29.3 Å². The van der Waals surface area contributed by atoms with Crippen LogP contribution in [0.4, 0.5) is 0 Å². The van der Waals surface area contributed by atoms with Crippen molar-refractivity contribution >= 4 is 0 Å². The van der Waals surface area contributed by atoms with Crippen molar-refractivity contribution in [1.82, 2.24) is 5.32 Å². The highest BCUT2D eigenvalue weighted by Gasteiger charge is 2.59. The van der Waals surface area contributed by atoms with Gasteiger partial charge in [-0.3, -0.25) is 0 Å². The van der Waals surface area contributed by atoms with E-state index in [-0.39, 0.29) is 5.54 Å². The Morgan fingerprint density at radius 2 is 1.95 bits per heavy atom. The Morgan fingerprint density at radius 3 is 2.84 bits per heavy atom. The number of nitrogens with one attached hydrogen (secondary N) is 1. The number of piperidine rings is 1. The first-order valence-electron chi connectivity index (χ1n) is 7.72. The third kappa shape index (κ3) is 1.41. The lowest BCUT2D eigenvalue weighted by atomic mass is 9.58. The van der Waals surface area contributed by atoms with Crippen LogP contribution in [-0.2, 0) is 12.0 Å². The largest absolute Gasteiger partial charge is 0.497 e. The maximum absolute atomic E-state index is 5.47. The molecule has 2 atom stereocenters. The highest BCUT2D eigenvalue weighted by atomic mass is 16.5. The predicted molar refractivity (Wildman–Crippen MR) is 76.5 cm³/mol. The van der Waals surface area contributed by atoms with E-state index in [4.69, 9.17) is 4.74 Å². The predicted octanol–water partition coefficient (Wildman–Crippen LogP) is 3.39. The van der Waals surface area contributed by atoms with Crippen molar-refractivity contribution < 1.29 is 4.74 Å². The molecule has 3 aliphatic rings. The molecule has 102 valence electrons. The molecule has 2 fully saturated rings. The van der Waals surface area contributed by atoms with Crippen LogP contribution in [0.25, 0.3) is 0 Å². The van der Waals surface area contributed by atoms with E-state index in [0.29, 0.717) is 5.41 Å². The number of benzene rings is 1. The molecule has 0 bridgehead atoms. The van der Waals surface area contributed by atoms with E-state index in [1.807, 2.05) is 0 Å². The van der Waals surface area contributed by atoms with Crippen molar-refractivity contribution in [1.29, 1.82) is 0 Å². The van der Waals surface area contributed by atoms with Gasteiger partial charge in [-0.05, 0) is 67.3 Å². The molecule has 19 heavy (non-hydrogen) atoms. The standard InChI is InChI=1S/C17H23NO/c1-19-14-6-5-13-12-16-7-2-3-9-17(16,15(13)11-14)18-10-4-8-16/h5-6,11,18H,2-4,7-10,12H2,1H3. The van der Waals surface area contributed by atoms with Gasteiger partial charge < -0.3 is 10.1 Å². The van der Waals surface area contributed by atoms with Crippen LogP contribution in [0.5, 0.6) is 5.75 Å². The van der Waals surface area contributed by atoms with Crippen LogP contribution < -0.4 is 10.1 Å². The minimum atomic E-state index is 0.257. The lowest BCUT2D eigenvalue weighted by Gasteiger charge is -2.54. The summed E-state index contributed by atoms with van der Waals surface area (Å²) in [7, 11) is 1.77. The van der Waals surface area contributed by atoms with Gasteiger partial charge in [0.1, 0.15) is 5.75 Å². The molecule has 0 aromatic heterocycles. The Bertz CT molecular complexity index is 496. The maximum Gasteiger partial charge on any atom is 0.119 e. The topological polar surface area (TPSA) is 21.3 Å². The van der Waals surface area contributed by atoms with Gasteiger partial charge in [-0.15, -0.1) is 0 Å². The third-order valence-corrected chi connectivity index (χ3v) is 5.93. The van der Waals surface area contributed by atoms with Crippen LogP contribution >= 0.6 is 0 Å². The molecule has 1 aromatic carbocycles. The number of fused-ring (bicyclic) bond motifs is 1. The van der Waals surface area contributed by atoms with Crippen LogP contribution in [0.3, 0.4) is 0 Å². The third-order valence-electron chi connectivity index (χ3n) is 5.93. The van der Waals surface area contributed by atoms with Crippen LogP contribution in [0, 0.1) is 5.41 Å². The first-order chi connectivity index (χ1) is 9.30. The van der Waals surface area contributed by atoms with Crippen LogP contribution in [0.2, 0.25) is 0 Å². The zero-order valence-electron chi connectivity index (χ0n) is 11.8. The summed E-state index contributed by atoms with van der Waals surface area (Å²) < 4.78 is 5.47. The van der Waals surface area contributed by atoms with Crippen LogP contribution in [-0.4, -0.2) is 13.7 Å². The van der Waals surface area contributed by atoms with E-state index >= 15 is 0 Å². The van der Waals surface area contributed by atoms with Gasteiger partial charge in [0.25, 0.3) is 0 Å². The van der Waals surface area contributed by atoms with Crippen molar-refractivity contribution in [3.8, 4) is 5.75 Å². The molecule has 2 aliphatic carbocycles. The summed E-state index contributed by atoms with van der Waals surface area (Å²) in [6.45, 7) is 1.18. The maximum atomic E-state index is 5.47. The Hall–Kier alpha value is -1.02. The molecule has 2 nitrogen and oxygen atoms in total. The summed E-state index contributed by atoms with van der Waals surface area (Å²) in [6.07, 6.45) is 9.51. The first kappa shape index (κ1) is 11.8. The molecule has 1 saturated heterocycles. The Kier molecular flexibility index (Phi) is 2.47. The molecular formula is C17H23NO. The summed E-state index contributed by atoms with van der Waals surface area (Å²) in [4.78, 5) is 0. The van der Waals surface area contributed by atoms with Gasteiger partial charge >= 0.3 is 0 Å². The second-order valence-corrected chi connectivity index (χ2v) is 6.62. The molecule has 1 aliphatic heterocycles. The van der Waals surface area contributed by atoms with E-state index in [1.54, 1.807) is 18.2 Å². The minimum absolute atomic E-state index is 0.257. The van der Waals surface area contributed by atoms with Gasteiger partial charge in [0.15, 0.2) is 0 Å². The fraction of sp³-hybridized carbons (Fsp3) is 0.647. The first-order valence-corrected chi connectivity index (χ1v) is 7.72. The molecular weight excluding hydrogens is 234 g/mol. The molecule has 1 N–H and O–H groups in total. The summed E-state index contributed by atoms with van der Waals surface area (Å²) in [5.41, 5.74) is 3.87. The van der Waals surface area contributed by atoms with Gasteiger partial charge in [-0.25, -0.2) is 0 Å². The molecule has 1 heterocycles. The number of rotatable bonds is 1. The highest BCUT2D eigenvalue weighted by molar-refractivity contribution is 5.48. The Morgan fingerprint density at radius 1 is 1.11 bits per heavy atom. The second-order valence-electron chi connectivity index (χ2n) is 6.62. The van der Waals surface area contributed by atoms with E-state index in [2.05, 4.69) is 23.5 Å². The zero-order chi connectivity index (χ0) is 12.9. The molecule has 0 spiro atoms. The average molecular weight is 257 g/mol. The molecule has 1 saturated carbocycles. The number of methoxy groups -OCH3 is 1. The van der Waals surface area contributed by atoms with Gasteiger partial charge in [0.05, 0.1) is 7.11 Å². The summed E-state index contributed by atoms with van der Waals surface area (Å²) in [5.74, 6) is 1.02. The molecule has 0 amide bonds. The molecule has 4 rings (SSSR count). The van der Waals surface area contributed by atoms with Crippen molar-refractivity contribution in [2.45, 2.75) is 50.5 Å². The lowest BCUT2D eigenvalue weighted by molar-refractivity contribution is 0.00860. The van der Waals surface area contributed by atoms with E-state index < -0.39 is 0 Å². The van der Waals surface area contributed by atoms with Gasteiger partial charge in [0.2, 0.25) is 0 Å². The Balaban J connectivity index is 1.89. The van der Waals surface area contributed by atoms with E-state index in [9.17, 15) is 0 Å². The lowest BCUT2D eigenvalue weighted by Crippen LogP contribution is -2.58. The van der Waals surface area contributed by atoms with Crippen molar-refractivity contribution in [2.24, 2.45) is 5.41 Å².